The zero-order valence-electron chi connectivity index (χ0n) is 19.1. The minimum atomic E-state index is -4.41. The Morgan fingerprint density at radius 3 is 2.81 bits per heavy atom. The van der Waals surface area contributed by atoms with Crippen molar-refractivity contribution in [1.82, 2.24) is 19.9 Å². The molecule has 0 bridgehead atoms. The van der Waals surface area contributed by atoms with Crippen LogP contribution in [0.1, 0.15) is 6.92 Å². The monoisotopic (exact) mass is 534 g/mol. The molecular weight excluding hydrogens is 514 g/mol. The van der Waals surface area contributed by atoms with Gasteiger partial charge < -0.3 is 14.4 Å². The maximum absolute atomic E-state index is 14.2. The molecule has 1 saturated heterocycles. The first-order chi connectivity index (χ1) is 17.3. The van der Waals surface area contributed by atoms with Gasteiger partial charge >= 0.3 is 0 Å². The average Bonchev–Trinajstić information content (AvgIpc) is 3.28. The second kappa shape index (κ2) is 9.52. The molecule has 0 aliphatic carbocycles. The third-order valence-corrected chi connectivity index (χ3v) is 7.95. The molecule has 0 saturated carbocycles. The van der Waals surface area contributed by atoms with Gasteiger partial charge in [-0.1, -0.05) is 11.3 Å². The Kier molecular flexibility index (Phi) is 6.40. The Morgan fingerprint density at radius 1 is 1.22 bits per heavy atom. The Hall–Kier alpha value is -3.49. The lowest BCUT2D eigenvalue weighted by molar-refractivity contribution is 0.0986. The van der Waals surface area contributed by atoms with Crippen LogP contribution in [0.3, 0.4) is 0 Å². The number of nitrogens with zero attached hydrogens (tertiary/aromatic N) is 5. The number of morpholine rings is 1. The van der Waals surface area contributed by atoms with Gasteiger partial charge in [0.25, 0.3) is 10.0 Å². The Balaban J connectivity index is 1.53. The van der Waals surface area contributed by atoms with Gasteiger partial charge in [-0.2, -0.15) is 0 Å². The molecule has 1 fully saturated rings. The summed E-state index contributed by atoms with van der Waals surface area (Å²) in [6.07, 6.45) is 2.96. The SMILES string of the molecule is COc1ncc(-c2nc3c(N4CCOC[C@@H]4C)ncnc3s2)cc1NS(=O)(=O)c1ccc(F)cc1F. The Morgan fingerprint density at radius 2 is 2.06 bits per heavy atom. The van der Waals surface area contributed by atoms with Crippen LogP contribution in [0.5, 0.6) is 5.88 Å². The number of nitrogens with one attached hydrogen (secondary N) is 1. The van der Waals surface area contributed by atoms with Gasteiger partial charge in [0.05, 0.1) is 26.4 Å². The van der Waals surface area contributed by atoms with E-state index < -0.39 is 26.6 Å². The number of hydrogen-bond donors (Lipinski definition) is 1. The molecular formula is C22H20F2N6O4S2. The van der Waals surface area contributed by atoms with E-state index in [9.17, 15) is 17.2 Å². The van der Waals surface area contributed by atoms with Gasteiger partial charge in [-0.15, -0.1) is 0 Å². The number of aromatic nitrogens is 4. The number of ether oxygens (including phenoxy) is 2. The Bertz CT molecular complexity index is 1550. The van der Waals surface area contributed by atoms with Crippen LogP contribution >= 0.6 is 11.3 Å². The van der Waals surface area contributed by atoms with Gasteiger partial charge in [-0.05, 0) is 25.1 Å². The van der Waals surface area contributed by atoms with E-state index in [-0.39, 0.29) is 17.6 Å². The third kappa shape index (κ3) is 4.54. The van der Waals surface area contributed by atoms with E-state index in [4.69, 9.17) is 14.5 Å². The first-order valence-corrected chi connectivity index (χ1v) is 13.0. The average molecular weight is 535 g/mol. The lowest BCUT2D eigenvalue weighted by Crippen LogP contribution is -2.44. The van der Waals surface area contributed by atoms with E-state index in [1.165, 1.54) is 37.0 Å². The smallest absolute Gasteiger partial charge is 0.264 e. The first-order valence-electron chi connectivity index (χ1n) is 10.7. The van der Waals surface area contributed by atoms with Gasteiger partial charge in [0.1, 0.15) is 43.9 Å². The van der Waals surface area contributed by atoms with Crippen LogP contribution < -0.4 is 14.4 Å². The van der Waals surface area contributed by atoms with Crippen LogP contribution in [0, 0.1) is 11.6 Å². The summed E-state index contributed by atoms with van der Waals surface area (Å²) in [4.78, 5) is 19.7. The topological polar surface area (TPSA) is 119 Å². The van der Waals surface area contributed by atoms with Crippen LogP contribution in [0.25, 0.3) is 20.9 Å². The predicted molar refractivity (Wildman–Crippen MR) is 130 cm³/mol. The van der Waals surface area contributed by atoms with E-state index in [0.717, 1.165) is 12.1 Å². The molecule has 0 unspecified atom stereocenters. The molecule has 14 heteroatoms. The summed E-state index contributed by atoms with van der Waals surface area (Å²) < 4.78 is 66.1. The van der Waals surface area contributed by atoms with Crippen LogP contribution in [0.2, 0.25) is 0 Å². The third-order valence-electron chi connectivity index (χ3n) is 5.53. The van der Waals surface area contributed by atoms with E-state index in [1.807, 2.05) is 6.92 Å². The van der Waals surface area contributed by atoms with Crippen molar-refractivity contribution >= 4 is 43.2 Å². The van der Waals surface area contributed by atoms with E-state index in [0.29, 0.717) is 52.6 Å². The number of thiazole rings is 1. The summed E-state index contributed by atoms with van der Waals surface area (Å²) in [6.45, 7) is 3.85. The molecule has 1 aromatic carbocycles. The summed E-state index contributed by atoms with van der Waals surface area (Å²) >= 11 is 1.29. The van der Waals surface area contributed by atoms with Crippen molar-refractivity contribution in [3.63, 3.8) is 0 Å². The highest BCUT2D eigenvalue weighted by Crippen LogP contribution is 2.36. The fraction of sp³-hybridized carbons (Fsp3) is 0.273. The number of fused-ring (bicyclic) bond motifs is 1. The second-order valence-corrected chi connectivity index (χ2v) is 10.6. The summed E-state index contributed by atoms with van der Waals surface area (Å²) in [6, 6.07) is 3.79. The van der Waals surface area contributed by atoms with Crippen molar-refractivity contribution in [1.29, 1.82) is 0 Å². The summed E-state index contributed by atoms with van der Waals surface area (Å²) in [5.74, 6) is -1.46. The number of pyridine rings is 1. The van der Waals surface area contributed by atoms with Crippen molar-refractivity contribution in [3.05, 3.63) is 48.4 Å². The van der Waals surface area contributed by atoms with Gasteiger partial charge in [-0.25, -0.2) is 37.1 Å². The lowest BCUT2D eigenvalue weighted by Gasteiger charge is -2.34. The van der Waals surface area contributed by atoms with E-state index in [1.54, 1.807) is 0 Å². The molecule has 1 aliphatic heterocycles. The fourth-order valence-corrected chi connectivity index (χ4v) is 5.81. The maximum Gasteiger partial charge on any atom is 0.264 e. The molecule has 0 amide bonds. The minimum absolute atomic E-state index is 0.0337. The number of anilines is 2. The van der Waals surface area contributed by atoms with Crippen molar-refractivity contribution in [2.75, 3.05) is 36.5 Å². The quantitative estimate of drug-likeness (QED) is 0.397. The van der Waals surface area contributed by atoms with Gasteiger partial charge in [-0.3, -0.25) is 4.72 Å². The highest BCUT2D eigenvalue weighted by molar-refractivity contribution is 7.92. The minimum Gasteiger partial charge on any atom is -0.480 e. The molecule has 1 aliphatic rings. The van der Waals surface area contributed by atoms with Crippen molar-refractivity contribution in [2.24, 2.45) is 0 Å². The molecule has 36 heavy (non-hydrogen) atoms. The molecule has 4 heterocycles. The summed E-state index contributed by atoms with van der Waals surface area (Å²) in [5, 5.41) is 0.524. The largest absolute Gasteiger partial charge is 0.480 e. The molecule has 10 nitrogen and oxygen atoms in total. The van der Waals surface area contributed by atoms with Crippen LogP contribution in [-0.2, 0) is 14.8 Å². The molecule has 1 atom stereocenters. The van der Waals surface area contributed by atoms with E-state index >= 15 is 0 Å². The maximum atomic E-state index is 14.2. The molecule has 0 spiro atoms. The van der Waals surface area contributed by atoms with Gasteiger partial charge in [0, 0.05) is 24.4 Å². The summed E-state index contributed by atoms with van der Waals surface area (Å²) in [7, 11) is -3.09. The standard InChI is InChI=1S/C22H20F2N6O4S2/c1-12-10-34-6-5-30(12)19-18-22(27-11-26-19)35-21(28-18)13-7-16(20(33-2)25-9-13)29-36(31,32)17-4-3-14(23)8-15(17)24/h3-4,7-9,11-12,29H,5-6,10H2,1-2H3/t12-/m0/s1. The lowest BCUT2D eigenvalue weighted by atomic mass is 10.2. The number of hydrogen-bond acceptors (Lipinski definition) is 10. The van der Waals surface area contributed by atoms with Crippen molar-refractivity contribution < 1.29 is 26.7 Å². The number of rotatable bonds is 6. The molecule has 0 radical (unpaired) electrons. The van der Waals surface area contributed by atoms with Crippen LogP contribution in [0.4, 0.5) is 20.3 Å². The van der Waals surface area contributed by atoms with Crippen molar-refractivity contribution in [3.8, 4) is 16.5 Å². The van der Waals surface area contributed by atoms with Gasteiger partial charge in [0.15, 0.2) is 5.82 Å². The molecule has 3 aromatic heterocycles. The van der Waals surface area contributed by atoms with Crippen LogP contribution in [0.15, 0.2) is 41.7 Å². The summed E-state index contributed by atoms with van der Waals surface area (Å²) in [5.41, 5.74) is 1.06. The second-order valence-electron chi connectivity index (χ2n) is 7.95. The normalized spacial score (nSPS) is 16.3. The molecule has 5 rings (SSSR count). The van der Waals surface area contributed by atoms with Crippen LogP contribution in [-0.4, -0.2) is 61.3 Å². The fourth-order valence-electron chi connectivity index (χ4n) is 3.82. The number of benzene rings is 1. The highest BCUT2D eigenvalue weighted by atomic mass is 32.2. The number of halogens is 2. The molecule has 188 valence electrons. The molecule has 4 aromatic rings. The van der Waals surface area contributed by atoms with Crippen molar-refractivity contribution in [2.45, 2.75) is 17.9 Å². The molecule has 1 N–H and O–H groups in total. The zero-order valence-corrected chi connectivity index (χ0v) is 20.7. The predicted octanol–water partition coefficient (Wildman–Crippen LogP) is 3.46. The Labute approximate surface area is 209 Å². The number of sulfonamides is 1. The zero-order chi connectivity index (χ0) is 25.4. The van der Waals surface area contributed by atoms with Gasteiger partial charge in [0.2, 0.25) is 5.88 Å². The first kappa shape index (κ1) is 24.2. The number of methoxy groups -OCH3 is 1. The highest BCUT2D eigenvalue weighted by Gasteiger charge is 2.25. The van der Waals surface area contributed by atoms with E-state index in [2.05, 4.69) is 24.6 Å².